The molecular formula is C54H66N2O2S3. The molecule has 2 aliphatic rings. The number of allylic oxidation sites excluding steroid dienone is 1. The van der Waals surface area contributed by atoms with E-state index < -0.39 is 0 Å². The van der Waals surface area contributed by atoms with E-state index in [-0.39, 0.29) is 17.7 Å². The molecule has 2 atom stereocenters. The normalized spacial score (nSPS) is 14.4. The minimum absolute atomic E-state index is 0.0298. The zero-order chi connectivity index (χ0) is 43.4. The zero-order valence-electron chi connectivity index (χ0n) is 37.5. The minimum atomic E-state index is -0.0898. The molecule has 0 radical (unpaired) electrons. The SMILES string of the molecule is C#CC#CC#CC#CC(CCCCCCCC)CN1C(=O)C2=C(c3ccc(-c4ccc(-c5ccc(C)s5)s4)s3)N(CC(CCCCCC)CCCCCCCC)C(=O)C2=C1C. The van der Waals surface area contributed by atoms with Gasteiger partial charge in [0, 0.05) is 49.1 Å². The lowest BCUT2D eigenvalue weighted by molar-refractivity contribution is -0.124. The van der Waals surface area contributed by atoms with Gasteiger partial charge in [-0.25, -0.2) is 0 Å². The summed E-state index contributed by atoms with van der Waals surface area (Å²) in [5.74, 6) is 19.5. The number of nitrogens with zero attached hydrogens (tertiary/aromatic N) is 2. The summed E-state index contributed by atoms with van der Waals surface area (Å²) in [6, 6.07) is 13.1. The van der Waals surface area contributed by atoms with Gasteiger partial charge in [-0.1, -0.05) is 129 Å². The number of fused-ring (bicyclic) bond motifs is 1. The first-order valence-electron chi connectivity index (χ1n) is 23.1. The van der Waals surface area contributed by atoms with Crippen molar-refractivity contribution < 1.29 is 9.59 Å². The van der Waals surface area contributed by atoms with Gasteiger partial charge in [-0.3, -0.25) is 9.59 Å². The molecule has 2 unspecified atom stereocenters. The third kappa shape index (κ3) is 13.6. The van der Waals surface area contributed by atoms with E-state index in [2.05, 4.69) is 106 Å². The summed E-state index contributed by atoms with van der Waals surface area (Å²) >= 11 is 5.32. The number of aryl methyl sites for hydroxylation is 1. The summed E-state index contributed by atoms with van der Waals surface area (Å²) in [4.78, 5) is 40.9. The predicted octanol–water partition coefficient (Wildman–Crippen LogP) is 14.5. The molecule has 2 aliphatic heterocycles. The molecule has 0 N–H and O–H groups in total. The van der Waals surface area contributed by atoms with Gasteiger partial charge in [0.2, 0.25) is 0 Å². The van der Waals surface area contributed by atoms with Crippen LogP contribution < -0.4 is 0 Å². The van der Waals surface area contributed by atoms with Crippen molar-refractivity contribution in [1.29, 1.82) is 0 Å². The fourth-order valence-electron chi connectivity index (χ4n) is 8.51. The maximum absolute atomic E-state index is 14.9. The van der Waals surface area contributed by atoms with Crippen molar-refractivity contribution in [2.45, 2.75) is 157 Å². The van der Waals surface area contributed by atoms with Crippen LogP contribution in [-0.4, -0.2) is 34.7 Å². The highest BCUT2D eigenvalue weighted by Crippen LogP contribution is 2.48. The van der Waals surface area contributed by atoms with Gasteiger partial charge in [-0.05, 0) is 111 Å². The van der Waals surface area contributed by atoms with Gasteiger partial charge < -0.3 is 9.80 Å². The highest BCUT2D eigenvalue weighted by Gasteiger charge is 2.48. The Balaban J connectivity index is 1.47. The number of thiophene rings is 3. The highest BCUT2D eigenvalue weighted by molar-refractivity contribution is 7.26. The number of carbonyl (C=O) groups excluding carboxylic acids is 2. The molecule has 322 valence electrons. The number of amides is 2. The molecule has 0 saturated heterocycles. The number of unbranched alkanes of at least 4 members (excludes halogenated alkanes) is 13. The van der Waals surface area contributed by atoms with Crippen LogP contribution in [0.25, 0.3) is 25.2 Å². The van der Waals surface area contributed by atoms with Crippen LogP contribution in [0.5, 0.6) is 0 Å². The molecular weight excluding hydrogens is 805 g/mol. The molecule has 3 aromatic heterocycles. The smallest absolute Gasteiger partial charge is 0.261 e. The van der Waals surface area contributed by atoms with Gasteiger partial charge in [-0.2, -0.15) is 0 Å². The molecule has 0 aromatic carbocycles. The first-order chi connectivity index (χ1) is 29.8. The number of hydrogen-bond donors (Lipinski definition) is 0. The van der Waals surface area contributed by atoms with Crippen LogP contribution in [-0.2, 0) is 9.59 Å². The summed E-state index contributed by atoms with van der Waals surface area (Å²) in [5, 5.41) is 0. The van der Waals surface area contributed by atoms with Gasteiger partial charge in [0.15, 0.2) is 0 Å². The lowest BCUT2D eigenvalue weighted by atomic mass is 9.93. The minimum Gasteiger partial charge on any atom is -0.310 e. The van der Waals surface area contributed by atoms with Crippen molar-refractivity contribution in [2.24, 2.45) is 11.8 Å². The summed E-state index contributed by atoms with van der Waals surface area (Å²) in [5.41, 5.74) is 2.68. The van der Waals surface area contributed by atoms with E-state index in [9.17, 15) is 9.59 Å². The van der Waals surface area contributed by atoms with E-state index in [0.29, 0.717) is 30.2 Å². The Morgan fingerprint density at radius 2 is 1.00 bits per heavy atom. The summed E-state index contributed by atoms with van der Waals surface area (Å²) < 4.78 is 0. The van der Waals surface area contributed by atoms with Crippen LogP contribution in [0, 0.1) is 66.6 Å². The quantitative estimate of drug-likeness (QED) is 0.0596. The lowest BCUT2D eigenvalue weighted by Crippen LogP contribution is -2.34. The van der Waals surface area contributed by atoms with Crippen LogP contribution in [0.3, 0.4) is 0 Å². The van der Waals surface area contributed by atoms with E-state index >= 15 is 0 Å². The largest absolute Gasteiger partial charge is 0.310 e. The first kappa shape index (κ1) is 47.8. The maximum atomic E-state index is 14.9. The van der Waals surface area contributed by atoms with Crippen LogP contribution in [0.4, 0.5) is 0 Å². The Morgan fingerprint density at radius 1 is 0.525 bits per heavy atom. The molecule has 4 nitrogen and oxygen atoms in total. The standard InChI is InChI=1S/C54H66N2O2S3/c1-7-11-15-19-22-26-30-43(31-27-23-20-16-12-8-2)39-55-42(6)50-51(54(55)58)52(49-38-37-48(61-49)47-36-35-46(60-47)45-34-33-41(5)59-45)56(53(50)57)40-44(29-25-18-14-10-4)32-28-24-21-17-13-9-3/h1,33-38,43-44H,8-10,12-14,16-18,20-21,23-25,27-29,31-32,39-40H2,2-6H3. The third-order valence-corrected chi connectivity index (χ3v) is 15.5. The van der Waals surface area contributed by atoms with Gasteiger partial charge in [-0.15, -0.1) is 40.4 Å². The van der Waals surface area contributed by atoms with Gasteiger partial charge in [0.1, 0.15) is 0 Å². The third-order valence-electron chi connectivity index (χ3n) is 11.9. The molecule has 0 spiro atoms. The second-order valence-corrected chi connectivity index (χ2v) is 20.1. The molecule has 5 heterocycles. The van der Waals surface area contributed by atoms with Crippen molar-refractivity contribution in [2.75, 3.05) is 13.1 Å². The fourth-order valence-corrected chi connectivity index (χ4v) is 11.6. The second kappa shape index (κ2) is 25.6. The van der Waals surface area contributed by atoms with Crippen molar-refractivity contribution >= 4 is 51.5 Å². The second-order valence-electron chi connectivity index (χ2n) is 16.7. The van der Waals surface area contributed by atoms with Crippen LogP contribution in [0.15, 0.2) is 53.2 Å². The lowest BCUT2D eigenvalue weighted by Gasteiger charge is -2.28. The number of rotatable bonds is 26. The molecule has 5 rings (SSSR count). The predicted molar refractivity (Wildman–Crippen MR) is 263 cm³/mol. The number of hydrogen-bond acceptors (Lipinski definition) is 5. The van der Waals surface area contributed by atoms with Crippen molar-refractivity contribution in [3.63, 3.8) is 0 Å². The molecule has 0 aliphatic carbocycles. The average molecular weight is 871 g/mol. The molecule has 0 bridgehead atoms. The van der Waals surface area contributed by atoms with Gasteiger partial charge in [0.05, 0.1) is 21.7 Å². The maximum Gasteiger partial charge on any atom is 0.261 e. The Kier molecular flexibility index (Phi) is 20.1. The van der Waals surface area contributed by atoms with Crippen LogP contribution in [0.2, 0.25) is 0 Å². The highest BCUT2D eigenvalue weighted by atomic mass is 32.1. The summed E-state index contributed by atoms with van der Waals surface area (Å²) in [7, 11) is 0. The average Bonchev–Trinajstić information content (AvgIpc) is 4.10. The van der Waals surface area contributed by atoms with Crippen LogP contribution >= 0.6 is 34.0 Å². The molecule has 0 fully saturated rings. The number of terminal acetylenes is 1. The van der Waals surface area contributed by atoms with Crippen LogP contribution in [0.1, 0.15) is 159 Å². The summed E-state index contributed by atoms with van der Waals surface area (Å²) in [6.07, 6.45) is 27.7. The molecule has 2 amide bonds. The topological polar surface area (TPSA) is 40.6 Å². The monoisotopic (exact) mass is 870 g/mol. The summed E-state index contributed by atoms with van der Waals surface area (Å²) in [6.45, 7) is 11.9. The Bertz CT molecular complexity index is 2220. The van der Waals surface area contributed by atoms with Gasteiger partial charge >= 0.3 is 0 Å². The van der Waals surface area contributed by atoms with Crippen molar-refractivity contribution in [3.8, 4) is 67.4 Å². The number of carbonyl (C=O) groups is 2. The molecule has 0 saturated carbocycles. The molecule has 7 heteroatoms. The van der Waals surface area contributed by atoms with Crippen molar-refractivity contribution in [3.05, 3.63) is 63.0 Å². The van der Waals surface area contributed by atoms with E-state index in [0.717, 1.165) is 53.3 Å². The van der Waals surface area contributed by atoms with E-state index in [1.165, 1.54) is 109 Å². The molecule has 3 aromatic rings. The Hall–Kier alpha value is -4.24. The fraction of sp³-hybridized carbons (Fsp3) is 0.519. The first-order valence-corrected chi connectivity index (χ1v) is 25.6. The Morgan fingerprint density at radius 3 is 1.59 bits per heavy atom. The van der Waals surface area contributed by atoms with Crippen molar-refractivity contribution in [1.82, 2.24) is 9.80 Å². The van der Waals surface area contributed by atoms with Gasteiger partial charge in [0.25, 0.3) is 11.8 Å². The molecule has 61 heavy (non-hydrogen) atoms. The van der Waals surface area contributed by atoms with E-state index in [1.54, 1.807) is 22.7 Å². The van der Waals surface area contributed by atoms with E-state index in [1.807, 2.05) is 28.1 Å². The zero-order valence-corrected chi connectivity index (χ0v) is 39.9. The van der Waals surface area contributed by atoms with E-state index in [4.69, 9.17) is 6.42 Å². The Labute approximate surface area is 380 Å².